The number of pyridine rings is 1. The Morgan fingerprint density at radius 3 is 2.46 bits per heavy atom. The van der Waals surface area contributed by atoms with Gasteiger partial charge in [0.15, 0.2) is 17.5 Å². The number of benzene rings is 2. The quantitative estimate of drug-likeness (QED) is 0.221. The first-order chi connectivity index (χ1) is 18.6. The Morgan fingerprint density at radius 2 is 1.82 bits per heavy atom. The van der Waals surface area contributed by atoms with Gasteiger partial charge in [-0.3, -0.25) is 9.78 Å². The van der Waals surface area contributed by atoms with Gasteiger partial charge in [0.2, 0.25) is 0 Å². The minimum Gasteiger partial charge on any atom is -0.497 e. The molecule has 1 atom stereocenters. The number of aliphatic carboxylic acids is 1. The first kappa shape index (κ1) is 28.6. The zero-order valence-electron chi connectivity index (χ0n) is 21.5. The number of carboxylic acids is 1. The summed E-state index contributed by atoms with van der Waals surface area (Å²) in [5, 5.41) is 23.9. The fraction of sp³-hybridized carbons (Fsp3) is 0.429. The van der Waals surface area contributed by atoms with Crippen LogP contribution in [0.2, 0.25) is 0 Å². The normalized spacial score (nSPS) is 16.3. The SMILES string of the molecule is COc1ccc2ncc(F)c(C(O)CCC3(CC(=O)O)CCN(CCNc4cc(F)c(F)c(F)c4)CC3)c2c1. The number of aromatic nitrogens is 1. The highest BCUT2D eigenvalue weighted by Gasteiger charge is 2.37. The molecule has 0 radical (unpaired) electrons. The van der Waals surface area contributed by atoms with E-state index in [2.05, 4.69) is 15.2 Å². The molecule has 3 aromatic rings. The van der Waals surface area contributed by atoms with Gasteiger partial charge in [0.05, 0.1) is 31.3 Å². The van der Waals surface area contributed by atoms with Gasteiger partial charge < -0.3 is 25.2 Å². The maximum Gasteiger partial charge on any atom is 0.303 e. The highest BCUT2D eigenvalue weighted by atomic mass is 19.2. The van der Waals surface area contributed by atoms with Crippen LogP contribution < -0.4 is 10.1 Å². The summed E-state index contributed by atoms with van der Waals surface area (Å²) in [7, 11) is 1.49. The Morgan fingerprint density at radius 1 is 1.13 bits per heavy atom. The summed E-state index contributed by atoms with van der Waals surface area (Å²) in [4.78, 5) is 17.9. The summed E-state index contributed by atoms with van der Waals surface area (Å²) in [5.74, 6) is -5.13. The second kappa shape index (κ2) is 12.2. The lowest BCUT2D eigenvalue weighted by molar-refractivity contribution is -0.141. The van der Waals surface area contributed by atoms with Gasteiger partial charge in [-0.15, -0.1) is 0 Å². The summed E-state index contributed by atoms with van der Waals surface area (Å²) in [6.45, 7) is 2.05. The summed E-state index contributed by atoms with van der Waals surface area (Å²) >= 11 is 0. The number of carboxylic acid groups (broad SMARTS) is 1. The molecular formula is C28H31F4N3O4. The minimum atomic E-state index is -1.52. The lowest BCUT2D eigenvalue weighted by Crippen LogP contribution is -2.43. The lowest BCUT2D eigenvalue weighted by atomic mass is 9.71. The summed E-state index contributed by atoms with van der Waals surface area (Å²) in [5.41, 5.74) is 0.184. The van der Waals surface area contributed by atoms with Gasteiger partial charge in [-0.1, -0.05) is 0 Å². The van der Waals surface area contributed by atoms with Gasteiger partial charge in [0.1, 0.15) is 11.6 Å². The van der Waals surface area contributed by atoms with Crippen molar-refractivity contribution >= 4 is 22.6 Å². The van der Waals surface area contributed by atoms with Crippen molar-refractivity contribution in [1.29, 1.82) is 0 Å². The third kappa shape index (κ3) is 6.77. The standard InChI is InChI=1S/C28H31F4N3O4/c1-39-18-2-3-23-19(14-18)26(22(31)16-34-23)24(36)4-5-28(15-25(37)38)6-9-35(10-7-28)11-8-33-17-12-20(29)27(32)21(30)13-17/h2-3,12-14,16,24,33,36H,4-11,15H2,1H3,(H,37,38). The second-order valence-corrected chi connectivity index (χ2v) is 10.1. The average molecular weight is 550 g/mol. The Kier molecular flexibility index (Phi) is 8.91. The first-order valence-corrected chi connectivity index (χ1v) is 12.7. The predicted molar refractivity (Wildman–Crippen MR) is 138 cm³/mol. The molecule has 1 aliphatic rings. The van der Waals surface area contributed by atoms with E-state index in [1.807, 2.05) is 0 Å². The molecule has 1 saturated heterocycles. The number of methoxy groups -OCH3 is 1. The van der Waals surface area contributed by atoms with E-state index < -0.39 is 40.8 Å². The Labute approximate surface area is 223 Å². The second-order valence-electron chi connectivity index (χ2n) is 10.1. The number of ether oxygens (including phenoxy) is 1. The van der Waals surface area contributed by atoms with E-state index >= 15 is 0 Å². The van der Waals surface area contributed by atoms with E-state index in [1.54, 1.807) is 18.2 Å². The summed E-state index contributed by atoms with van der Waals surface area (Å²) < 4.78 is 60.0. The fourth-order valence-corrected chi connectivity index (χ4v) is 5.32. The number of fused-ring (bicyclic) bond motifs is 1. The maximum atomic E-state index is 14.8. The highest BCUT2D eigenvalue weighted by Crippen LogP contribution is 2.42. The smallest absolute Gasteiger partial charge is 0.303 e. The molecule has 0 aliphatic carbocycles. The van der Waals surface area contributed by atoms with E-state index in [9.17, 15) is 32.6 Å². The number of hydrogen-bond donors (Lipinski definition) is 3. The van der Waals surface area contributed by atoms with Crippen LogP contribution in [0.4, 0.5) is 23.2 Å². The van der Waals surface area contributed by atoms with Gasteiger partial charge >= 0.3 is 5.97 Å². The number of aliphatic hydroxyl groups is 1. The molecule has 1 aromatic heterocycles. The topological polar surface area (TPSA) is 94.9 Å². The number of anilines is 1. The van der Waals surface area contributed by atoms with Crippen molar-refractivity contribution in [3.05, 3.63) is 65.4 Å². The van der Waals surface area contributed by atoms with Crippen LogP contribution in [0.25, 0.3) is 10.9 Å². The molecule has 0 bridgehead atoms. The van der Waals surface area contributed by atoms with Crippen LogP contribution in [-0.4, -0.2) is 59.4 Å². The van der Waals surface area contributed by atoms with Crippen LogP contribution in [0.15, 0.2) is 36.5 Å². The van der Waals surface area contributed by atoms with Crippen molar-refractivity contribution in [2.75, 3.05) is 38.6 Å². The van der Waals surface area contributed by atoms with Crippen LogP contribution in [0, 0.1) is 28.7 Å². The van der Waals surface area contributed by atoms with Crippen LogP contribution in [0.5, 0.6) is 5.75 Å². The van der Waals surface area contributed by atoms with Crippen LogP contribution in [0.3, 0.4) is 0 Å². The zero-order chi connectivity index (χ0) is 28.2. The van der Waals surface area contributed by atoms with Gasteiger partial charge in [-0.2, -0.15) is 0 Å². The predicted octanol–water partition coefficient (Wildman–Crippen LogP) is 5.28. The molecule has 210 valence electrons. The molecule has 11 heteroatoms. The molecule has 0 spiro atoms. The zero-order valence-corrected chi connectivity index (χ0v) is 21.5. The third-order valence-electron chi connectivity index (χ3n) is 7.53. The third-order valence-corrected chi connectivity index (χ3v) is 7.53. The van der Waals surface area contributed by atoms with Crippen molar-refractivity contribution in [2.24, 2.45) is 5.41 Å². The maximum absolute atomic E-state index is 14.8. The largest absolute Gasteiger partial charge is 0.497 e. The van der Waals surface area contributed by atoms with Gasteiger partial charge in [0, 0.05) is 41.9 Å². The van der Waals surface area contributed by atoms with E-state index in [1.165, 1.54) is 7.11 Å². The van der Waals surface area contributed by atoms with Crippen molar-refractivity contribution in [2.45, 2.75) is 38.2 Å². The van der Waals surface area contributed by atoms with E-state index in [0.29, 0.717) is 62.1 Å². The molecule has 1 unspecified atom stereocenters. The number of nitrogens with one attached hydrogen (secondary N) is 1. The van der Waals surface area contributed by atoms with Crippen LogP contribution >= 0.6 is 0 Å². The van der Waals surface area contributed by atoms with Crippen molar-refractivity contribution < 1.29 is 37.3 Å². The molecule has 2 aromatic carbocycles. The van der Waals surface area contributed by atoms with E-state index in [4.69, 9.17) is 4.74 Å². The van der Waals surface area contributed by atoms with Crippen molar-refractivity contribution in [3.63, 3.8) is 0 Å². The highest BCUT2D eigenvalue weighted by molar-refractivity contribution is 5.84. The molecular weight excluding hydrogens is 518 g/mol. The lowest BCUT2D eigenvalue weighted by Gasteiger charge is -2.41. The molecule has 2 heterocycles. The van der Waals surface area contributed by atoms with Gasteiger partial charge in [-0.25, -0.2) is 17.6 Å². The molecule has 0 amide bonds. The Balaban J connectivity index is 1.38. The monoisotopic (exact) mass is 549 g/mol. The molecule has 1 fully saturated rings. The number of aliphatic hydroxyl groups excluding tert-OH is 1. The summed E-state index contributed by atoms with van der Waals surface area (Å²) in [6.07, 6.45) is 1.50. The molecule has 39 heavy (non-hydrogen) atoms. The van der Waals surface area contributed by atoms with Crippen molar-refractivity contribution in [1.82, 2.24) is 9.88 Å². The van der Waals surface area contributed by atoms with Crippen LogP contribution in [-0.2, 0) is 4.79 Å². The Bertz CT molecular complexity index is 1310. The number of rotatable bonds is 11. The number of halogens is 4. The Hall–Kier alpha value is -3.44. The average Bonchev–Trinajstić information content (AvgIpc) is 2.90. The van der Waals surface area contributed by atoms with Gasteiger partial charge in [-0.05, 0) is 62.4 Å². The van der Waals surface area contributed by atoms with Crippen LogP contribution in [0.1, 0.15) is 43.8 Å². The van der Waals surface area contributed by atoms with E-state index in [0.717, 1.165) is 18.3 Å². The molecule has 0 saturated carbocycles. The molecule has 1 aliphatic heterocycles. The first-order valence-electron chi connectivity index (χ1n) is 12.7. The molecule has 4 rings (SSSR count). The summed E-state index contributed by atoms with van der Waals surface area (Å²) in [6, 6.07) is 6.79. The number of nitrogens with zero attached hydrogens (tertiary/aromatic N) is 2. The van der Waals surface area contributed by atoms with E-state index in [-0.39, 0.29) is 24.1 Å². The number of likely N-dealkylation sites (tertiary alicyclic amines) is 1. The number of carbonyl (C=O) groups is 1. The fourth-order valence-electron chi connectivity index (χ4n) is 5.32. The van der Waals surface area contributed by atoms with Gasteiger partial charge in [0.25, 0.3) is 0 Å². The number of hydrogen-bond acceptors (Lipinski definition) is 6. The van der Waals surface area contributed by atoms with Crippen molar-refractivity contribution in [3.8, 4) is 5.75 Å². The molecule has 7 nitrogen and oxygen atoms in total. The minimum absolute atomic E-state index is 0.0761. The number of piperidine rings is 1. The molecule has 3 N–H and O–H groups in total.